The summed E-state index contributed by atoms with van der Waals surface area (Å²) in [5.74, 6) is 0. The van der Waals surface area contributed by atoms with E-state index in [1.807, 2.05) is 25.9 Å². The van der Waals surface area contributed by atoms with Crippen molar-refractivity contribution in [2.75, 3.05) is 25.5 Å². The van der Waals surface area contributed by atoms with Crippen molar-refractivity contribution >= 4 is 23.1 Å². The molecule has 0 radical (unpaired) electrons. The van der Waals surface area contributed by atoms with Gasteiger partial charge in [-0.25, -0.2) is 0 Å². The van der Waals surface area contributed by atoms with Crippen molar-refractivity contribution < 1.29 is 11.0 Å². The van der Waals surface area contributed by atoms with Gasteiger partial charge < -0.3 is 9.80 Å². The van der Waals surface area contributed by atoms with Gasteiger partial charge in [-0.05, 0) is 45.2 Å². The second kappa shape index (κ2) is 5.51. The highest BCUT2D eigenvalue weighted by molar-refractivity contribution is 7.99. The summed E-state index contributed by atoms with van der Waals surface area (Å²) in [6.07, 6.45) is 0. The van der Waals surface area contributed by atoms with Crippen LogP contribution in [0.25, 0.3) is 0 Å². The van der Waals surface area contributed by atoms with Crippen molar-refractivity contribution in [1.29, 1.82) is 0 Å². The first-order chi connectivity index (χ1) is 13.0. The molecule has 20 heavy (non-hydrogen) atoms. The Labute approximate surface area is 136 Å². The number of hydrogen-bond donors (Lipinski definition) is 0. The van der Waals surface area contributed by atoms with Gasteiger partial charge in [0.05, 0.1) is 22.3 Å². The van der Waals surface area contributed by atoms with Gasteiger partial charge in [0.1, 0.15) is 0 Å². The van der Waals surface area contributed by atoms with Gasteiger partial charge in [-0.2, -0.15) is 0 Å². The molecule has 0 aromatic heterocycles. The molecular weight excluding hydrogens is 264 g/mol. The molecule has 0 saturated heterocycles. The predicted octanol–water partition coefficient (Wildman–Crippen LogP) is 4.24. The van der Waals surface area contributed by atoms with E-state index >= 15 is 0 Å². The van der Waals surface area contributed by atoms with Crippen LogP contribution in [-0.2, 0) is 0 Å². The highest BCUT2D eigenvalue weighted by atomic mass is 32.2. The second-order valence-electron chi connectivity index (χ2n) is 4.88. The number of rotatable bonds is 3. The maximum Gasteiger partial charge on any atom is 0.0645 e. The van der Waals surface area contributed by atoms with E-state index in [9.17, 15) is 0 Å². The third-order valence-corrected chi connectivity index (χ3v) is 4.34. The average molecular weight is 292 g/mol. The molecule has 3 heteroatoms. The summed E-state index contributed by atoms with van der Waals surface area (Å²) in [6.45, 7) is 2.25. The lowest BCUT2D eigenvalue weighted by molar-refractivity contribution is 0.319. The van der Waals surface area contributed by atoms with Crippen LogP contribution in [0.1, 0.15) is 17.9 Å². The maximum absolute atomic E-state index is 8.40. The minimum atomic E-state index is -0.365. The summed E-state index contributed by atoms with van der Waals surface area (Å²) >= 11 is 0.972. The maximum atomic E-state index is 8.40. The minimum absolute atomic E-state index is 0.0410. The zero-order valence-corrected chi connectivity index (χ0v) is 12.4. The number of likely N-dealkylation sites (N-methyl/N-ethyl adjacent to an activating group) is 1. The Morgan fingerprint density at radius 3 is 2.05 bits per heavy atom. The van der Waals surface area contributed by atoms with E-state index < -0.39 is 0 Å². The molecule has 2 nitrogen and oxygen atoms in total. The van der Waals surface area contributed by atoms with Crippen LogP contribution >= 0.6 is 11.8 Å². The zero-order chi connectivity index (χ0) is 21.1. The first kappa shape index (κ1) is 7.01. The molecule has 1 atom stereocenters. The smallest absolute Gasteiger partial charge is 0.0645 e. The highest BCUT2D eigenvalue weighted by Crippen LogP contribution is 2.47. The van der Waals surface area contributed by atoms with Crippen LogP contribution in [0.5, 0.6) is 0 Å². The van der Waals surface area contributed by atoms with Crippen LogP contribution in [0, 0.1) is 0 Å². The number of anilines is 2. The van der Waals surface area contributed by atoms with E-state index in [-0.39, 0.29) is 75.5 Å². The van der Waals surface area contributed by atoms with Crippen LogP contribution in [0.15, 0.2) is 58.1 Å². The Kier molecular flexibility index (Phi) is 1.93. The molecule has 1 heterocycles. The fourth-order valence-corrected chi connectivity index (χ4v) is 2.86. The summed E-state index contributed by atoms with van der Waals surface area (Å²) in [5.41, 5.74) is 0.504. The first-order valence-corrected chi connectivity index (χ1v) is 7.13. The van der Waals surface area contributed by atoms with Gasteiger partial charge in [0, 0.05) is 22.4 Å². The molecule has 3 rings (SSSR count). The minimum Gasteiger partial charge on any atom is -0.338 e. The van der Waals surface area contributed by atoms with Crippen molar-refractivity contribution in [3.8, 4) is 0 Å². The topological polar surface area (TPSA) is 6.48 Å². The molecule has 1 aliphatic rings. The van der Waals surface area contributed by atoms with Gasteiger partial charge >= 0.3 is 0 Å². The van der Waals surface area contributed by atoms with Gasteiger partial charge in [0.15, 0.2) is 0 Å². The Morgan fingerprint density at radius 2 is 1.55 bits per heavy atom. The third-order valence-electron chi connectivity index (χ3n) is 3.34. The normalized spacial score (nSPS) is 20.5. The van der Waals surface area contributed by atoms with E-state index in [1.165, 1.54) is 0 Å². The van der Waals surface area contributed by atoms with Gasteiger partial charge in [-0.1, -0.05) is 35.9 Å². The van der Waals surface area contributed by atoms with E-state index in [2.05, 4.69) is 0 Å². The summed E-state index contributed by atoms with van der Waals surface area (Å²) in [7, 11) is 3.76. The molecule has 1 unspecified atom stereocenters. The Balaban J connectivity index is 2.38. The first-order valence-electron chi connectivity index (χ1n) is 10.3. The lowest BCUT2D eigenvalue weighted by Gasteiger charge is -2.36. The SMILES string of the molecule is [2H]c1c([2H])c([2H])c2c(c1[2H])Sc1c([2H])c([2H])c([2H])c([2H])c1N2CC(C)N(C)C. The zero-order valence-electron chi connectivity index (χ0n) is 19.6. The fraction of sp³-hybridized carbons (Fsp3) is 0.294. The molecule has 0 fully saturated rings. The second-order valence-corrected chi connectivity index (χ2v) is 5.90. The molecule has 0 aliphatic carbocycles. The highest BCUT2D eigenvalue weighted by Gasteiger charge is 2.24. The van der Waals surface area contributed by atoms with E-state index in [0.717, 1.165) is 11.8 Å². The summed E-state index contributed by atoms with van der Waals surface area (Å²) in [4.78, 5) is 4.10. The van der Waals surface area contributed by atoms with Crippen LogP contribution in [-0.4, -0.2) is 31.6 Å². The molecular formula is C17H20N2S. The number of benzene rings is 2. The summed E-state index contributed by atoms with van der Waals surface area (Å²) in [5, 5.41) is 0. The molecule has 0 bridgehead atoms. The molecule has 0 spiro atoms. The summed E-state index contributed by atoms with van der Waals surface area (Å²) < 4.78 is 65.4. The van der Waals surface area contributed by atoms with E-state index in [1.54, 1.807) is 4.90 Å². The Bertz CT molecular complexity index is 910. The van der Waals surface area contributed by atoms with Gasteiger partial charge in [0.2, 0.25) is 0 Å². The predicted molar refractivity (Wildman–Crippen MR) is 87.2 cm³/mol. The third kappa shape index (κ3) is 2.43. The van der Waals surface area contributed by atoms with Crippen molar-refractivity contribution in [3.05, 3.63) is 48.3 Å². The molecule has 1 aliphatic heterocycles. The number of para-hydroxylation sites is 2. The number of nitrogens with zero attached hydrogens (tertiary/aromatic N) is 2. The molecule has 0 amide bonds. The van der Waals surface area contributed by atoms with Crippen LogP contribution in [0.2, 0.25) is 0 Å². The van der Waals surface area contributed by atoms with Crippen molar-refractivity contribution in [2.45, 2.75) is 22.8 Å². The molecule has 0 N–H and O–H groups in total. The standard InChI is InChI=1S/C17H20N2S/c1-13(18(2)3)12-19-14-8-4-6-10-16(14)20-17-11-7-5-9-15(17)19/h4-11,13H,12H2,1-3H3/i4D,5D,6D,7D,8D,9D,10D,11D. The van der Waals surface area contributed by atoms with Gasteiger partial charge in [-0.3, -0.25) is 0 Å². The molecule has 2 aromatic carbocycles. The fourth-order valence-electron chi connectivity index (χ4n) is 1.94. The van der Waals surface area contributed by atoms with Crippen molar-refractivity contribution in [2.24, 2.45) is 0 Å². The van der Waals surface area contributed by atoms with Crippen LogP contribution in [0.3, 0.4) is 0 Å². The lowest BCUT2D eigenvalue weighted by Crippen LogP contribution is -2.37. The van der Waals surface area contributed by atoms with Gasteiger partial charge in [-0.15, -0.1) is 0 Å². The number of hydrogen-bond acceptors (Lipinski definition) is 3. The summed E-state index contributed by atoms with van der Waals surface area (Å²) in [6, 6.07) is -2.33. The van der Waals surface area contributed by atoms with E-state index in [4.69, 9.17) is 11.0 Å². The number of fused-ring (bicyclic) bond motifs is 2. The lowest BCUT2D eigenvalue weighted by atomic mass is 10.2. The van der Waals surface area contributed by atoms with Crippen LogP contribution < -0.4 is 4.90 Å². The van der Waals surface area contributed by atoms with Gasteiger partial charge in [0.25, 0.3) is 0 Å². The average Bonchev–Trinajstić information content (AvgIpc) is 2.66. The largest absolute Gasteiger partial charge is 0.338 e. The monoisotopic (exact) mass is 292 g/mol. The molecule has 2 aromatic rings. The Morgan fingerprint density at radius 1 is 1.05 bits per heavy atom. The van der Waals surface area contributed by atoms with Crippen LogP contribution in [0.4, 0.5) is 11.4 Å². The van der Waals surface area contributed by atoms with Crippen molar-refractivity contribution in [3.63, 3.8) is 0 Å². The molecule has 0 saturated carbocycles. The van der Waals surface area contributed by atoms with E-state index in [0.29, 0.717) is 6.54 Å². The quantitative estimate of drug-likeness (QED) is 0.835. The molecule has 104 valence electrons. The Hall–Kier alpha value is -1.45. The van der Waals surface area contributed by atoms with Crippen molar-refractivity contribution in [1.82, 2.24) is 4.90 Å².